The third kappa shape index (κ3) is 3.22. The minimum Gasteiger partial charge on any atom is -0.334 e. The van der Waals surface area contributed by atoms with Gasteiger partial charge in [0.1, 0.15) is 0 Å². The Bertz CT molecular complexity index is 521. The molecule has 0 fully saturated rings. The van der Waals surface area contributed by atoms with E-state index in [-0.39, 0.29) is 5.89 Å². The van der Waals surface area contributed by atoms with Crippen LogP contribution in [0.25, 0.3) is 5.57 Å². The van der Waals surface area contributed by atoms with Crippen molar-refractivity contribution in [3.63, 3.8) is 0 Å². The summed E-state index contributed by atoms with van der Waals surface area (Å²) in [6.07, 6.45) is 13.1. The first-order valence-electron chi connectivity index (χ1n) is 4.70. The standard InChI is InChI=1S/C11H7Cl3N2O/c12-11(13,14)10-15-9(16-17-10)8-6-4-2-1-3-5-7-8/h1-7H/b2-1-,3-1?,4-2?,5-3-,6-4-,7-5?,8-6?,8-7+. The summed E-state index contributed by atoms with van der Waals surface area (Å²) in [6, 6.07) is 0. The quantitative estimate of drug-likeness (QED) is 0.735. The van der Waals surface area contributed by atoms with Gasteiger partial charge in [0.2, 0.25) is 5.82 Å². The van der Waals surface area contributed by atoms with Crippen LogP contribution in [-0.4, -0.2) is 10.1 Å². The van der Waals surface area contributed by atoms with Gasteiger partial charge in [0.05, 0.1) is 0 Å². The molecule has 6 heteroatoms. The molecule has 88 valence electrons. The lowest BCUT2D eigenvalue weighted by Crippen LogP contribution is -2.00. The zero-order valence-electron chi connectivity index (χ0n) is 8.48. The Morgan fingerprint density at radius 3 is 2.41 bits per heavy atom. The molecule has 0 amide bonds. The van der Waals surface area contributed by atoms with Gasteiger partial charge in [0.25, 0.3) is 9.68 Å². The van der Waals surface area contributed by atoms with Crippen molar-refractivity contribution in [2.75, 3.05) is 0 Å². The molecule has 0 unspecified atom stereocenters. The Morgan fingerprint density at radius 1 is 1.00 bits per heavy atom. The highest BCUT2D eigenvalue weighted by Crippen LogP contribution is 2.37. The predicted octanol–water partition coefficient (Wildman–Crippen LogP) is 3.96. The van der Waals surface area contributed by atoms with E-state index in [1.54, 1.807) is 0 Å². The van der Waals surface area contributed by atoms with Crippen LogP contribution in [0.1, 0.15) is 11.7 Å². The van der Waals surface area contributed by atoms with Crippen molar-refractivity contribution < 1.29 is 4.52 Å². The van der Waals surface area contributed by atoms with Gasteiger partial charge in [0.15, 0.2) is 0 Å². The van der Waals surface area contributed by atoms with Gasteiger partial charge in [0, 0.05) is 5.57 Å². The lowest BCUT2D eigenvalue weighted by atomic mass is 10.2. The van der Waals surface area contributed by atoms with Gasteiger partial charge >= 0.3 is 0 Å². The molecule has 0 aliphatic heterocycles. The second-order valence-corrected chi connectivity index (χ2v) is 5.45. The van der Waals surface area contributed by atoms with Crippen LogP contribution in [0.2, 0.25) is 0 Å². The van der Waals surface area contributed by atoms with Crippen LogP contribution in [0.4, 0.5) is 0 Å². The van der Waals surface area contributed by atoms with E-state index in [0.717, 1.165) is 5.57 Å². The van der Waals surface area contributed by atoms with Crippen molar-refractivity contribution in [2.24, 2.45) is 0 Å². The highest BCUT2D eigenvalue weighted by atomic mass is 35.6. The summed E-state index contributed by atoms with van der Waals surface area (Å²) in [5.41, 5.74) is 0.773. The summed E-state index contributed by atoms with van der Waals surface area (Å²) in [6.45, 7) is 0. The van der Waals surface area contributed by atoms with Gasteiger partial charge in [-0.25, -0.2) is 0 Å². The van der Waals surface area contributed by atoms with Gasteiger partial charge in [-0.05, 0) is 0 Å². The van der Waals surface area contributed by atoms with Crippen molar-refractivity contribution in [2.45, 2.75) is 3.79 Å². The van der Waals surface area contributed by atoms with E-state index in [9.17, 15) is 0 Å². The number of alkyl halides is 3. The average molecular weight is 290 g/mol. The first-order valence-corrected chi connectivity index (χ1v) is 5.84. The number of hydrogen-bond donors (Lipinski definition) is 0. The molecule has 17 heavy (non-hydrogen) atoms. The zero-order valence-corrected chi connectivity index (χ0v) is 10.7. The van der Waals surface area contributed by atoms with Crippen molar-refractivity contribution in [3.8, 4) is 0 Å². The molecule has 0 saturated heterocycles. The van der Waals surface area contributed by atoms with E-state index < -0.39 is 3.79 Å². The average Bonchev–Trinajstić information content (AvgIpc) is 2.65. The molecule has 0 atom stereocenters. The number of rotatable bonds is 1. The highest BCUT2D eigenvalue weighted by molar-refractivity contribution is 6.66. The van der Waals surface area contributed by atoms with E-state index in [0.29, 0.717) is 5.82 Å². The molecule has 3 nitrogen and oxygen atoms in total. The van der Waals surface area contributed by atoms with Gasteiger partial charge < -0.3 is 4.52 Å². The Kier molecular flexibility index (Phi) is 3.72. The molecule has 2 rings (SSSR count). The lowest BCUT2D eigenvalue weighted by molar-refractivity contribution is 0.380. The monoisotopic (exact) mass is 288 g/mol. The van der Waals surface area contributed by atoms with E-state index >= 15 is 0 Å². The third-order valence-electron chi connectivity index (χ3n) is 1.92. The first kappa shape index (κ1) is 12.4. The van der Waals surface area contributed by atoms with Crippen LogP contribution in [0, 0.1) is 0 Å². The summed E-state index contributed by atoms with van der Waals surface area (Å²) < 4.78 is 3.18. The number of allylic oxidation sites excluding steroid dienone is 8. The second kappa shape index (κ2) is 5.08. The molecule has 1 aliphatic rings. The Morgan fingerprint density at radius 2 is 1.71 bits per heavy atom. The molecular formula is C11H7Cl3N2O. The smallest absolute Gasteiger partial charge is 0.279 e. The highest BCUT2D eigenvalue weighted by Gasteiger charge is 2.30. The maximum atomic E-state index is 5.64. The first-order chi connectivity index (χ1) is 8.07. The van der Waals surface area contributed by atoms with Crippen molar-refractivity contribution in [1.82, 2.24) is 10.1 Å². The van der Waals surface area contributed by atoms with Crippen LogP contribution in [0.5, 0.6) is 0 Å². The van der Waals surface area contributed by atoms with E-state index in [4.69, 9.17) is 39.3 Å². The third-order valence-corrected chi connectivity index (χ3v) is 2.41. The Balaban J connectivity index is 2.32. The predicted molar refractivity (Wildman–Crippen MR) is 68.9 cm³/mol. The molecule has 0 radical (unpaired) electrons. The molecule has 0 bridgehead atoms. The number of halogens is 3. The number of hydrogen-bond acceptors (Lipinski definition) is 3. The fourth-order valence-electron chi connectivity index (χ4n) is 1.17. The van der Waals surface area contributed by atoms with Gasteiger partial charge in [-0.1, -0.05) is 82.5 Å². The second-order valence-electron chi connectivity index (χ2n) is 3.17. The van der Waals surface area contributed by atoms with Crippen molar-refractivity contribution in [3.05, 3.63) is 54.2 Å². The molecule has 1 aromatic heterocycles. The van der Waals surface area contributed by atoms with Gasteiger partial charge in [-0.3, -0.25) is 0 Å². The fraction of sp³-hybridized carbons (Fsp3) is 0.0909. The van der Waals surface area contributed by atoms with Gasteiger partial charge in [-0.2, -0.15) is 4.98 Å². The Hall–Kier alpha value is -1.03. The SMILES string of the molecule is ClC(Cl)(Cl)c1nc(C2=C/C=C\C=C/C=C\2)no1. The largest absolute Gasteiger partial charge is 0.334 e. The topological polar surface area (TPSA) is 38.9 Å². The van der Waals surface area contributed by atoms with Crippen LogP contribution >= 0.6 is 34.8 Å². The summed E-state index contributed by atoms with van der Waals surface area (Å²) >= 11 is 16.9. The van der Waals surface area contributed by atoms with E-state index in [2.05, 4.69) is 10.1 Å². The maximum absolute atomic E-state index is 5.64. The summed E-state index contributed by atoms with van der Waals surface area (Å²) in [5.74, 6) is 0.330. The molecule has 0 aromatic carbocycles. The van der Waals surface area contributed by atoms with Crippen LogP contribution in [-0.2, 0) is 3.79 Å². The van der Waals surface area contributed by atoms with E-state index in [1.165, 1.54) is 0 Å². The van der Waals surface area contributed by atoms with Crippen molar-refractivity contribution in [1.29, 1.82) is 0 Å². The fourth-order valence-corrected chi connectivity index (χ4v) is 1.40. The molecule has 0 N–H and O–H groups in total. The van der Waals surface area contributed by atoms with Gasteiger partial charge in [-0.15, -0.1) is 0 Å². The molecular weight excluding hydrogens is 282 g/mol. The molecule has 0 saturated carbocycles. The molecule has 1 heterocycles. The molecule has 1 aromatic rings. The minimum absolute atomic E-state index is 0.0478. The Labute approximate surface area is 113 Å². The summed E-state index contributed by atoms with van der Waals surface area (Å²) in [5, 5.41) is 3.76. The number of nitrogens with zero attached hydrogens (tertiary/aromatic N) is 2. The summed E-state index contributed by atoms with van der Waals surface area (Å²) in [7, 11) is 0. The number of aromatic nitrogens is 2. The normalized spacial score (nSPS) is 24.3. The van der Waals surface area contributed by atoms with E-state index in [1.807, 2.05) is 42.5 Å². The van der Waals surface area contributed by atoms with Crippen LogP contribution in [0.3, 0.4) is 0 Å². The van der Waals surface area contributed by atoms with Crippen molar-refractivity contribution >= 4 is 40.4 Å². The molecule has 0 spiro atoms. The van der Waals surface area contributed by atoms with Crippen LogP contribution < -0.4 is 0 Å². The maximum Gasteiger partial charge on any atom is 0.279 e. The van der Waals surface area contributed by atoms with Crippen LogP contribution in [0.15, 0.2) is 47.1 Å². The zero-order chi connectivity index (χ0) is 12.3. The molecule has 1 aliphatic carbocycles. The summed E-state index contributed by atoms with van der Waals surface area (Å²) in [4.78, 5) is 4.03. The minimum atomic E-state index is -1.70. The lowest BCUT2D eigenvalue weighted by Gasteiger charge is -2.01.